The van der Waals surface area contributed by atoms with E-state index in [0.717, 1.165) is 10.4 Å². The summed E-state index contributed by atoms with van der Waals surface area (Å²) in [6.45, 7) is 4.76. The zero-order chi connectivity index (χ0) is 14.7. The molecule has 0 unspecified atom stereocenters. The zero-order valence-corrected chi connectivity index (χ0v) is 12.9. The zero-order valence-electron chi connectivity index (χ0n) is 11.3. The third kappa shape index (κ3) is 3.38. The van der Waals surface area contributed by atoms with E-state index in [4.69, 9.17) is 11.6 Å². The Bertz CT molecular complexity index is 626. The Balaban J connectivity index is 2.22. The normalized spacial score (nSPS) is 10.6. The molecule has 0 atom stereocenters. The summed E-state index contributed by atoms with van der Waals surface area (Å²) in [5.41, 5.74) is 1.19. The number of carbonyl (C=O) groups is 1. The Kier molecular flexibility index (Phi) is 4.78. The lowest BCUT2D eigenvalue weighted by Crippen LogP contribution is -2.30. The molecule has 1 aromatic heterocycles. The molecule has 0 aliphatic rings. The van der Waals surface area contributed by atoms with Gasteiger partial charge in [-0.3, -0.25) is 4.79 Å². The summed E-state index contributed by atoms with van der Waals surface area (Å²) >= 11 is 7.34. The smallest absolute Gasteiger partial charge is 0.254 e. The first-order chi connectivity index (χ1) is 9.51. The molecule has 106 valence electrons. The molecule has 20 heavy (non-hydrogen) atoms. The minimum atomic E-state index is -0.394. The van der Waals surface area contributed by atoms with E-state index in [0.29, 0.717) is 23.0 Å². The van der Waals surface area contributed by atoms with Crippen LogP contribution in [0.25, 0.3) is 0 Å². The van der Waals surface area contributed by atoms with Gasteiger partial charge in [-0.15, -0.1) is 11.3 Å². The number of hydrogen-bond donors (Lipinski definition) is 0. The third-order valence-corrected chi connectivity index (χ3v) is 4.29. The van der Waals surface area contributed by atoms with Crippen LogP contribution in [0.3, 0.4) is 0 Å². The van der Waals surface area contributed by atoms with Crippen molar-refractivity contribution in [2.45, 2.75) is 20.4 Å². The van der Waals surface area contributed by atoms with Crippen molar-refractivity contribution in [1.29, 1.82) is 0 Å². The average molecular weight is 312 g/mol. The van der Waals surface area contributed by atoms with Gasteiger partial charge in [0, 0.05) is 17.0 Å². The lowest BCUT2D eigenvalue weighted by molar-refractivity contribution is 0.0753. The minimum Gasteiger partial charge on any atom is -0.334 e. The molecule has 1 aromatic carbocycles. The number of thiophene rings is 1. The van der Waals surface area contributed by atoms with Gasteiger partial charge in [-0.25, -0.2) is 4.39 Å². The van der Waals surface area contributed by atoms with Gasteiger partial charge in [0.2, 0.25) is 0 Å². The Morgan fingerprint density at radius 1 is 1.35 bits per heavy atom. The van der Waals surface area contributed by atoms with Crippen LogP contribution in [-0.4, -0.2) is 17.4 Å². The van der Waals surface area contributed by atoms with E-state index in [9.17, 15) is 9.18 Å². The van der Waals surface area contributed by atoms with Crippen LogP contribution in [-0.2, 0) is 6.54 Å². The van der Waals surface area contributed by atoms with Crippen molar-refractivity contribution in [3.63, 3.8) is 0 Å². The van der Waals surface area contributed by atoms with Crippen molar-refractivity contribution < 1.29 is 9.18 Å². The predicted octanol–water partition coefficient (Wildman–Crippen LogP) is 4.51. The highest BCUT2D eigenvalue weighted by atomic mass is 35.5. The second kappa shape index (κ2) is 6.37. The molecule has 2 rings (SSSR count). The topological polar surface area (TPSA) is 20.3 Å². The summed E-state index contributed by atoms with van der Waals surface area (Å²) in [5, 5.41) is 0. The molecule has 0 saturated carbocycles. The van der Waals surface area contributed by atoms with Crippen LogP contribution >= 0.6 is 22.9 Å². The van der Waals surface area contributed by atoms with Crippen molar-refractivity contribution in [3.8, 4) is 0 Å². The number of hydrogen-bond acceptors (Lipinski definition) is 2. The summed E-state index contributed by atoms with van der Waals surface area (Å²) in [6.07, 6.45) is 0. The first kappa shape index (κ1) is 15.0. The largest absolute Gasteiger partial charge is 0.334 e. The van der Waals surface area contributed by atoms with Crippen LogP contribution < -0.4 is 0 Å². The molecule has 0 N–H and O–H groups in total. The van der Waals surface area contributed by atoms with Crippen LogP contribution in [0.2, 0.25) is 4.34 Å². The number of amides is 1. The van der Waals surface area contributed by atoms with Crippen molar-refractivity contribution in [2.24, 2.45) is 0 Å². The maximum absolute atomic E-state index is 13.3. The Labute approximate surface area is 126 Å². The van der Waals surface area contributed by atoms with Gasteiger partial charge in [-0.2, -0.15) is 0 Å². The molecule has 2 nitrogen and oxygen atoms in total. The number of halogens is 2. The fourth-order valence-corrected chi connectivity index (χ4v) is 3.05. The molecule has 0 bridgehead atoms. The van der Waals surface area contributed by atoms with Crippen LogP contribution in [0, 0.1) is 12.7 Å². The van der Waals surface area contributed by atoms with Gasteiger partial charge in [-0.05, 0) is 43.7 Å². The maximum Gasteiger partial charge on any atom is 0.254 e. The highest BCUT2D eigenvalue weighted by molar-refractivity contribution is 7.16. The maximum atomic E-state index is 13.3. The number of rotatable bonds is 4. The molecule has 0 radical (unpaired) electrons. The Morgan fingerprint density at radius 3 is 2.70 bits per heavy atom. The molecule has 0 aliphatic heterocycles. The van der Waals surface area contributed by atoms with E-state index in [1.165, 1.54) is 23.5 Å². The number of nitrogens with zero attached hydrogens (tertiary/aromatic N) is 1. The average Bonchev–Trinajstić information content (AvgIpc) is 2.83. The fraction of sp³-hybridized carbons (Fsp3) is 0.267. The molecule has 0 aliphatic carbocycles. The highest BCUT2D eigenvalue weighted by Crippen LogP contribution is 2.23. The summed E-state index contributed by atoms with van der Waals surface area (Å²) < 4.78 is 14.0. The lowest BCUT2D eigenvalue weighted by atomic mass is 10.1. The van der Waals surface area contributed by atoms with Crippen molar-refractivity contribution in [2.75, 3.05) is 6.54 Å². The van der Waals surface area contributed by atoms with Gasteiger partial charge >= 0.3 is 0 Å². The predicted molar refractivity (Wildman–Crippen MR) is 80.9 cm³/mol. The first-order valence-corrected chi connectivity index (χ1v) is 7.50. The Hall–Kier alpha value is -1.39. The van der Waals surface area contributed by atoms with E-state index in [-0.39, 0.29) is 5.91 Å². The first-order valence-electron chi connectivity index (χ1n) is 6.31. The SMILES string of the molecule is CCN(Cc1ccc(Cl)s1)C(=O)c1cc(F)ccc1C. The Morgan fingerprint density at radius 2 is 2.10 bits per heavy atom. The highest BCUT2D eigenvalue weighted by Gasteiger charge is 2.17. The summed E-state index contributed by atoms with van der Waals surface area (Å²) in [7, 11) is 0. The van der Waals surface area contributed by atoms with E-state index in [1.54, 1.807) is 11.0 Å². The van der Waals surface area contributed by atoms with Crippen molar-refractivity contribution >= 4 is 28.8 Å². The van der Waals surface area contributed by atoms with Crippen molar-refractivity contribution in [1.82, 2.24) is 4.90 Å². The molecule has 2 aromatic rings. The molecule has 1 amide bonds. The van der Waals surface area contributed by atoms with Crippen molar-refractivity contribution in [3.05, 3.63) is 56.5 Å². The second-order valence-corrected chi connectivity index (χ2v) is 6.28. The standard InChI is InChI=1S/C15H15ClFNOS/c1-3-18(9-12-6-7-14(16)20-12)15(19)13-8-11(17)5-4-10(13)2/h4-8H,3,9H2,1-2H3. The summed E-state index contributed by atoms with van der Waals surface area (Å²) in [4.78, 5) is 15.2. The molecule has 0 fully saturated rings. The van der Waals surface area contributed by atoms with Gasteiger partial charge in [0.05, 0.1) is 10.9 Å². The van der Waals surface area contributed by atoms with Gasteiger partial charge in [0.25, 0.3) is 5.91 Å². The van der Waals surface area contributed by atoms with Crippen LogP contribution in [0.4, 0.5) is 4.39 Å². The summed E-state index contributed by atoms with van der Waals surface area (Å²) in [6, 6.07) is 8.00. The lowest BCUT2D eigenvalue weighted by Gasteiger charge is -2.21. The fourth-order valence-electron chi connectivity index (χ4n) is 1.95. The molecule has 5 heteroatoms. The van der Waals surface area contributed by atoms with Crippen LogP contribution in [0.15, 0.2) is 30.3 Å². The van der Waals surface area contributed by atoms with Gasteiger partial charge in [0.1, 0.15) is 5.82 Å². The van der Waals surface area contributed by atoms with E-state index in [2.05, 4.69) is 0 Å². The van der Waals surface area contributed by atoms with Gasteiger partial charge < -0.3 is 4.90 Å². The van der Waals surface area contributed by atoms with E-state index in [1.807, 2.05) is 26.0 Å². The minimum absolute atomic E-state index is 0.158. The number of benzene rings is 1. The van der Waals surface area contributed by atoms with Crippen LogP contribution in [0.1, 0.15) is 27.7 Å². The van der Waals surface area contributed by atoms with Gasteiger partial charge in [-0.1, -0.05) is 17.7 Å². The molecule has 0 spiro atoms. The van der Waals surface area contributed by atoms with E-state index >= 15 is 0 Å². The molecular formula is C15H15ClFNOS. The number of carbonyl (C=O) groups excluding carboxylic acids is 1. The molecule has 0 saturated heterocycles. The third-order valence-electron chi connectivity index (χ3n) is 3.07. The van der Waals surface area contributed by atoms with E-state index < -0.39 is 5.82 Å². The number of aryl methyl sites for hydroxylation is 1. The quantitative estimate of drug-likeness (QED) is 0.813. The molecule has 1 heterocycles. The summed E-state index contributed by atoms with van der Waals surface area (Å²) in [5.74, 6) is -0.553. The molecular weight excluding hydrogens is 297 g/mol. The monoisotopic (exact) mass is 311 g/mol. The second-order valence-electron chi connectivity index (χ2n) is 4.48. The van der Waals surface area contributed by atoms with Gasteiger partial charge in [0.15, 0.2) is 0 Å². The van der Waals surface area contributed by atoms with Crippen LogP contribution in [0.5, 0.6) is 0 Å².